The minimum Gasteiger partial charge on any atom is -0.383 e. The maximum Gasteiger partial charge on any atom is 0.0666 e. The van der Waals surface area contributed by atoms with Crippen molar-refractivity contribution in [1.82, 2.24) is 0 Å². The quantitative estimate of drug-likeness (QED) is 0.501. The molecule has 2 aromatic rings. The minimum absolute atomic E-state index is 0.133. The van der Waals surface area contributed by atoms with Crippen LogP contribution in [0.2, 0.25) is 0 Å². The fourth-order valence-electron chi connectivity index (χ4n) is 5.68. The largest absolute Gasteiger partial charge is 0.383 e. The van der Waals surface area contributed by atoms with E-state index in [9.17, 15) is 0 Å². The van der Waals surface area contributed by atoms with Gasteiger partial charge in [-0.25, -0.2) is 0 Å². The van der Waals surface area contributed by atoms with Crippen LogP contribution in [0.25, 0.3) is 0 Å². The third-order valence-corrected chi connectivity index (χ3v) is 10.1. The van der Waals surface area contributed by atoms with E-state index >= 15 is 0 Å². The predicted octanol–water partition coefficient (Wildman–Crippen LogP) is 5.15. The van der Waals surface area contributed by atoms with Gasteiger partial charge in [-0.2, -0.15) is 0 Å². The molecule has 4 nitrogen and oxygen atoms in total. The molecule has 0 saturated carbocycles. The van der Waals surface area contributed by atoms with Crippen molar-refractivity contribution in [3.63, 3.8) is 0 Å². The highest BCUT2D eigenvalue weighted by atomic mass is 31.1. The monoisotopic (exact) mass is 468 g/mol. The molecule has 2 saturated heterocycles. The summed E-state index contributed by atoms with van der Waals surface area (Å²) in [5.74, 6) is 0. The lowest BCUT2D eigenvalue weighted by Gasteiger charge is -2.39. The average Bonchev–Trinajstić information content (AvgIpc) is 3.44. The van der Waals surface area contributed by atoms with Gasteiger partial charge >= 0.3 is 0 Å². The van der Waals surface area contributed by atoms with E-state index in [0.717, 1.165) is 26.3 Å². The molecule has 0 amide bonds. The molecule has 0 bridgehead atoms. The lowest BCUT2D eigenvalue weighted by atomic mass is 10.2. The Balaban J connectivity index is 1.80. The molecule has 0 N–H and O–H groups in total. The number of anilines is 2. The van der Waals surface area contributed by atoms with Gasteiger partial charge in [-0.05, 0) is 50.9 Å². The fraction of sp³-hybridized carbons (Fsp3) is 0.571. The van der Waals surface area contributed by atoms with Crippen molar-refractivity contribution in [2.75, 3.05) is 50.3 Å². The van der Waals surface area contributed by atoms with E-state index in [1.54, 1.807) is 0 Å². The first-order valence-corrected chi connectivity index (χ1v) is 13.8. The molecule has 5 heteroatoms. The Labute approximate surface area is 202 Å². The number of para-hydroxylation sites is 2. The first-order chi connectivity index (χ1) is 16.0. The van der Waals surface area contributed by atoms with Gasteiger partial charge in [-0.1, -0.05) is 57.2 Å². The lowest BCUT2D eigenvalue weighted by Crippen LogP contribution is -2.39. The summed E-state index contributed by atoms with van der Waals surface area (Å²) in [6.07, 6.45) is 4.88. The molecule has 33 heavy (non-hydrogen) atoms. The van der Waals surface area contributed by atoms with Crippen molar-refractivity contribution < 1.29 is 9.47 Å². The zero-order chi connectivity index (χ0) is 23.4. The minimum atomic E-state index is -0.587. The predicted molar refractivity (Wildman–Crippen MR) is 143 cm³/mol. The fourth-order valence-corrected chi connectivity index (χ4v) is 8.72. The molecule has 2 aliphatic rings. The first-order valence-electron chi connectivity index (χ1n) is 12.4. The Hall–Kier alpha value is -1.61. The standard InChI is InChI=1S/C28H41N2O2P/c1-28(2,3)33(26-16-8-6-14-24(26)29-18-10-12-22(29)20-31-4)27-17-9-7-15-25(27)30-19-11-13-23(30)21-32-5/h6-9,14-17,22-23H,10-13,18-21H2,1-5H3/t22-,23-/m0/s1. The van der Waals surface area contributed by atoms with Crippen molar-refractivity contribution in [3.8, 4) is 0 Å². The van der Waals surface area contributed by atoms with Gasteiger partial charge in [0.25, 0.3) is 0 Å². The van der Waals surface area contributed by atoms with Crippen molar-refractivity contribution in [1.29, 1.82) is 0 Å². The molecule has 0 unspecified atom stereocenters. The Bertz CT molecular complexity index is 845. The topological polar surface area (TPSA) is 24.9 Å². The second-order valence-corrected chi connectivity index (χ2v) is 13.3. The summed E-state index contributed by atoms with van der Waals surface area (Å²) < 4.78 is 11.2. The Morgan fingerprint density at radius 1 is 0.758 bits per heavy atom. The smallest absolute Gasteiger partial charge is 0.0666 e. The lowest BCUT2D eigenvalue weighted by molar-refractivity contribution is 0.181. The molecule has 2 fully saturated rings. The normalized spacial score (nSPS) is 21.4. The highest BCUT2D eigenvalue weighted by molar-refractivity contribution is 7.75. The molecule has 2 atom stereocenters. The van der Waals surface area contributed by atoms with Crippen LogP contribution < -0.4 is 20.4 Å². The van der Waals surface area contributed by atoms with E-state index in [0.29, 0.717) is 12.1 Å². The van der Waals surface area contributed by atoms with Crippen LogP contribution in [0.3, 0.4) is 0 Å². The molecular formula is C28H41N2O2P. The van der Waals surface area contributed by atoms with Crippen LogP contribution in [0, 0.1) is 0 Å². The van der Waals surface area contributed by atoms with E-state index in [1.807, 2.05) is 14.2 Å². The summed E-state index contributed by atoms with van der Waals surface area (Å²) >= 11 is 0. The molecule has 4 rings (SSSR count). The summed E-state index contributed by atoms with van der Waals surface area (Å²) in [5.41, 5.74) is 2.81. The molecule has 0 aromatic heterocycles. The van der Waals surface area contributed by atoms with Gasteiger partial charge < -0.3 is 19.3 Å². The highest BCUT2D eigenvalue weighted by Crippen LogP contribution is 2.52. The maximum atomic E-state index is 5.60. The van der Waals surface area contributed by atoms with Crippen LogP contribution in [-0.2, 0) is 9.47 Å². The molecule has 2 aliphatic heterocycles. The van der Waals surface area contributed by atoms with E-state index in [2.05, 4.69) is 79.1 Å². The number of hydrogen-bond donors (Lipinski definition) is 0. The molecule has 180 valence electrons. The van der Waals surface area contributed by atoms with Gasteiger partial charge in [-0.15, -0.1) is 0 Å². The van der Waals surface area contributed by atoms with E-state index in [-0.39, 0.29) is 5.16 Å². The van der Waals surface area contributed by atoms with Gasteiger partial charge in [0.15, 0.2) is 0 Å². The molecule has 0 radical (unpaired) electrons. The van der Waals surface area contributed by atoms with Crippen LogP contribution in [0.15, 0.2) is 48.5 Å². The summed E-state index contributed by atoms with van der Waals surface area (Å²) in [6.45, 7) is 11.1. The van der Waals surface area contributed by atoms with Crippen molar-refractivity contribution >= 4 is 29.9 Å². The zero-order valence-electron chi connectivity index (χ0n) is 21.1. The average molecular weight is 469 g/mol. The van der Waals surface area contributed by atoms with Gasteiger partial charge in [0.05, 0.1) is 25.3 Å². The van der Waals surface area contributed by atoms with E-state index in [1.165, 1.54) is 47.7 Å². The third kappa shape index (κ3) is 5.24. The van der Waals surface area contributed by atoms with E-state index in [4.69, 9.17) is 9.47 Å². The van der Waals surface area contributed by atoms with Crippen LogP contribution >= 0.6 is 7.92 Å². The summed E-state index contributed by atoms with van der Waals surface area (Å²) in [7, 11) is 3.07. The summed E-state index contributed by atoms with van der Waals surface area (Å²) in [5, 5.41) is 3.13. The van der Waals surface area contributed by atoms with Crippen LogP contribution in [0.5, 0.6) is 0 Å². The molecule has 2 aromatic carbocycles. The molecular weight excluding hydrogens is 427 g/mol. The number of benzene rings is 2. The number of rotatable bonds is 8. The van der Waals surface area contributed by atoms with Crippen molar-refractivity contribution in [2.45, 2.75) is 63.7 Å². The number of ether oxygens (including phenoxy) is 2. The van der Waals surface area contributed by atoms with Crippen molar-refractivity contribution in [3.05, 3.63) is 48.5 Å². The second kappa shape index (κ2) is 10.8. The van der Waals surface area contributed by atoms with Crippen LogP contribution in [0.4, 0.5) is 11.4 Å². The van der Waals surface area contributed by atoms with E-state index < -0.39 is 7.92 Å². The maximum absolute atomic E-state index is 5.60. The third-order valence-electron chi connectivity index (χ3n) is 7.01. The Kier molecular flexibility index (Phi) is 7.99. The molecule has 0 spiro atoms. The number of hydrogen-bond acceptors (Lipinski definition) is 4. The second-order valence-electron chi connectivity index (χ2n) is 10.4. The van der Waals surface area contributed by atoms with Crippen LogP contribution in [-0.4, -0.2) is 57.8 Å². The summed E-state index contributed by atoms with van der Waals surface area (Å²) in [6, 6.07) is 19.3. The highest BCUT2D eigenvalue weighted by Gasteiger charge is 2.36. The summed E-state index contributed by atoms with van der Waals surface area (Å²) in [4.78, 5) is 5.23. The Morgan fingerprint density at radius 2 is 1.18 bits per heavy atom. The number of methoxy groups -OCH3 is 2. The van der Waals surface area contributed by atoms with Gasteiger partial charge in [0, 0.05) is 49.3 Å². The van der Waals surface area contributed by atoms with Gasteiger partial charge in [0.1, 0.15) is 0 Å². The Morgan fingerprint density at radius 3 is 1.58 bits per heavy atom. The molecule has 2 heterocycles. The molecule has 0 aliphatic carbocycles. The van der Waals surface area contributed by atoms with Gasteiger partial charge in [0.2, 0.25) is 0 Å². The SMILES string of the molecule is COC[C@@H]1CCCN1c1ccccc1P(c1ccccc1N1CCC[C@H]1COC)C(C)(C)C. The zero-order valence-corrected chi connectivity index (χ0v) is 22.0. The number of nitrogens with zero attached hydrogens (tertiary/aromatic N) is 2. The van der Waals surface area contributed by atoms with Crippen LogP contribution in [0.1, 0.15) is 46.5 Å². The first kappa shape index (κ1) is 24.5. The van der Waals surface area contributed by atoms with Crippen molar-refractivity contribution in [2.24, 2.45) is 0 Å². The van der Waals surface area contributed by atoms with Gasteiger partial charge in [-0.3, -0.25) is 0 Å².